The number of hydrogen-bond acceptors (Lipinski definition) is 8. The minimum atomic E-state index is -0.585. The zero-order chi connectivity index (χ0) is 36.2. The smallest absolute Gasteiger partial charge is 0.323 e. The van der Waals surface area contributed by atoms with Crippen molar-refractivity contribution in [3.63, 3.8) is 0 Å². The van der Waals surface area contributed by atoms with Gasteiger partial charge in [-0.15, -0.1) is 0 Å². The summed E-state index contributed by atoms with van der Waals surface area (Å²) in [6.07, 6.45) is 13.8. The predicted molar refractivity (Wildman–Crippen MR) is 195 cm³/mol. The van der Waals surface area contributed by atoms with Gasteiger partial charge >= 0.3 is 5.97 Å². The molecule has 2 aliphatic rings. The third-order valence-electron chi connectivity index (χ3n) is 10.6. The van der Waals surface area contributed by atoms with Crippen LogP contribution in [0.3, 0.4) is 0 Å². The maximum Gasteiger partial charge on any atom is 0.323 e. The molecule has 1 amide bonds. The molecular weight excluding hydrogens is 646 g/mol. The quantitative estimate of drug-likeness (QED) is 0.0328. The van der Waals surface area contributed by atoms with Crippen LogP contribution in [0.1, 0.15) is 66.7 Å². The monoisotopic (exact) mass is 691 g/mol. The summed E-state index contributed by atoms with van der Waals surface area (Å²) in [5.74, 6) is -0.907. The number of nitrogens with zero attached hydrogens (tertiary/aromatic N) is 6. The van der Waals surface area contributed by atoms with Crippen molar-refractivity contribution < 1.29 is 19.2 Å². The Morgan fingerprint density at radius 1 is 1.12 bits per heavy atom. The van der Waals surface area contributed by atoms with Crippen LogP contribution in [-0.2, 0) is 14.9 Å². The van der Waals surface area contributed by atoms with Crippen LogP contribution in [0.5, 0.6) is 0 Å². The van der Waals surface area contributed by atoms with Crippen LogP contribution >= 0.6 is 0 Å². The number of nitrogens with one attached hydrogen (secondary N) is 1. The SMILES string of the molecule is COC(=O)C1C(C)C(c2ccccc2)(C2C=CC=CC2)CCN1CC(CCCCN=[N+]=[N-])C(NC(=O)c1ccccn1)c1ccc([N+](=O)[O-])cc1. The second-order valence-corrected chi connectivity index (χ2v) is 13.3. The maximum absolute atomic E-state index is 13.9. The summed E-state index contributed by atoms with van der Waals surface area (Å²) in [7, 11) is 1.43. The fourth-order valence-electron chi connectivity index (χ4n) is 8.11. The summed E-state index contributed by atoms with van der Waals surface area (Å²) in [4.78, 5) is 48.0. The van der Waals surface area contributed by atoms with E-state index in [0.29, 0.717) is 44.5 Å². The summed E-state index contributed by atoms with van der Waals surface area (Å²) in [6.45, 7) is 3.52. The van der Waals surface area contributed by atoms with Gasteiger partial charge in [0.05, 0.1) is 18.1 Å². The second-order valence-electron chi connectivity index (χ2n) is 13.3. The third kappa shape index (κ3) is 8.53. The number of pyridine rings is 1. The van der Waals surface area contributed by atoms with Crippen molar-refractivity contribution >= 4 is 17.6 Å². The number of ether oxygens (including phenoxy) is 1. The minimum absolute atomic E-state index is 0.0565. The standard InChI is InChI=1S/C39H45N7O5/c1-28-36(38(48)51-2)45(26-23-39(28,31-14-5-3-6-15-31)32-16-7-4-8-17-32)27-30(13-9-12-25-42-44-40)35(29-19-21-33(22-20-29)46(49)50)43-37(47)34-18-10-11-24-41-34/h3-8,10-11,14-16,18-22,24,28,30,32,35-36H,9,12-13,17,23,25-27H2,1-2H3,(H,43,47). The number of benzene rings is 2. The number of amides is 1. The van der Waals surface area contributed by atoms with E-state index in [4.69, 9.17) is 10.3 Å². The first-order chi connectivity index (χ1) is 24.8. The van der Waals surface area contributed by atoms with Gasteiger partial charge in [-0.2, -0.15) is 0 Å². The number of piperidine rings is 1. The van der Waals surface area contributed by atoms with E-state index in [9.17, 15) is 19.7 Å². The molecule has 0 radical (unpaired) electrons. The molecule has 2 aromatic carbocycles. The molecule has 2 heterocycles. The molecule has 12 heteroatoms. The van der Waals surface area contributed by atoms with Crippen molar-refractivity contribution in [1.29, 1.82) is 0 Å². The molecule has 12 nitrogen and oxygen atoms in total. The fraction of sp³-hybridized carbons (Fsp3) is 0.410. The van der Waals surface area contributed by atoms with Crippen LogP contribution in [-0.4, -0.2) is 59.5 Å². The van der Waals surface area contributed by atoms with Crippen molar-refractivity contribution in [2.24, 2.45) is 22.9 Å². The highest BCUT2D eigenvalue weighted by Crippen LogP contribution is 2.51. The lowest BCUT2D eigenvalue weighted by Crippen LogP contribution is -2.61. The number of likely N-dealkylation sites (tertiary alicyclic amines) is 1. The molecule has 1 saturated heterocycles. The Bertz CT molecular complexity index is 1740. The van der Waals surface area contributed by atoms with Gasteiger partial charge in [0.15, 0.2) is 0 Å². The molecular formula is C39H45N7O5. The van der Waals surface area contributed by atoms with E-state index in [1.165, 1.54) is 24.8 Å². The number of non-ortho nitro benzene ring substituents is 1. The lowest BCUT2D eigenvalue weighted by molar-refractivity contribution is -0.384. The van der Waals surface area contributed by atoms with Crippen LogP contribution in [0, 0.1) is 27.9 Å². The normalized spacial score (nSPS) is 22.7. The van der Waals surface area contributed by atoms with Crippen LogP contribution in [0.4, 0.5) is 5.69 Å². The number of allylic oxidation sites excluding steroid dienone is 4. The second kappa shape index (κ2) is 17.6. The lowest BCUT2D eigenvalue weighted by atomic mass is 9.56. The fourth-order valence-corrected chi connectivity index (χ4v) is 8.11. The Morgan fingerprint density at radius 3 is 2.53 bits per heavy atom. The van der Waals surface area contributed by atoms with Crippen molar-refractivity contribution in [3.8, 4) is 0 Å². The number of methoxy groups -OCH3 is 1. The highest BCUT2D eigenvalue weighted by Gasteiger charge is 2.53. The first-order valence-electron chi connectivity index (χ1n) is 17.5. The first kappa shape index (κ1) is 36.9. The Labute approximate surface area is 298 Å². The van der Waals surface area contributed by atoms with Gasteiger partial charge < -0.3 is 10.1 Å². The van der Waals surface area contributed by atoms with Gasteiger partial charge in [-0.1, -0.05) is 91.3 Å². The molecule has 6 unspecified atom stereocenters. The largest absolute Gasteiger partial charge is 0.468 e. The van der Waals surface area contributed by atoms with E-state index in [1.807, 2.05) is 6.07 Å². The third-order valence-corrected chi connectivity index (χ3v) is 10.6. The molecule has 1 aliphatic carbocycles. The van der Waals surface area contributed by atoms with Crippen molar-refractivity contribution in [2.75, 3.05) is 26.7 Å². The van der Waals surface area contributed by atoms with Gasteiger partial charge in [0.25, 0.3) is 11.6 Å². The van der Waals surface area contributed by atoms with Gasteiger partial charge in [-0.3, -0.25) is 29.6 Å². The molecule has 3 aromatic rings. The molecule has 0 bridgehead atoms. The molecule has 0 spiro atoms. The van der Waals surface area contributed by atoms with Crippen LogP contribution < -0.4 is 5.32 Å². The number of azide groups is 1. The average Bonchev–Trinajstić information content (AvgIpc) is 3.17. The summed E-state index contributed by atoms with van der Waals surface area (Å²) in [5, 5.41) is 18.4. The van der Waals surface area contributed by atoms with E-state index >= 15 is 0 Å². The van der Waals surface area contributed by atoms with E-state index in [0.717, 1.165) is 12.8 Å². The number of nitro groups is 1. The van der Waals surface area contributed by atoms with Gasteiger partial charge in [0, 0.05) is 41.7 Å². The number of esters is 1. The molecule has 6 atom stereocenters. The van der Waals surface area contributed by atoms with Crippen LogP contribution in [0.15, 0.2) is 108 Å². The Kier molecular flexibility index (Phi) is 12.7. The van der Waals surface area contributed by atoms with Crippen LogP contribution in [0.25, 0.3) is 10.4 Å². The Hall–Kier alpha value is -5.32. The van der Waals surface area contributed by atoms with Crippen molar-refractivity contribution in [3.05, 3.63) is 141 Å². The zero-order valence-corrected chi connectivity index (χ0v) is 29.1. The van der Waals surface area contributed by atoms with Gasteiger partial charge in [0.1, 0.15) is 11.7 Å². The molecule has 266 valence electrons. The van der Waals surface area contributed by atoms with E-state index in [-0.39, 0.29) is 46.4 Å². The molecule has 1 aliphatic heterocycles. The predicted octanol–water partition coefficient (Wildman–Crippen LogP) is 7.51. The highest BCUT2D eigenvalue weighted by atomic mass is 16.6. The van der Waals surface area contributed by atoms with Gasteiger partial charge in [-0.05, 0) is 78.8 Å². The Balaban J connectivity index is 1.54. The number of hydrogen-bond donors (Lipinski definition) is 1. The maximum atomic E-state index is 13.9. The number of rotatable bonds is 15. The lowest BCUT2D eigenvalue weighted by Gasteiger charge is -2.54. The van der Waals surface area contributed by atoms with E-state index < -0.39 is 17.0 Å². The summed E-state index contributed by atoms with van der Waals surface area (Å²) in [6, 6.07) is 20.6. The van der Waals surface area contributed by atoms with Crippen LogP contribution in [0.2, 0.25) is 0 Å². The molecule has 1 aromatic heterocycles. The van der Waals surface area contributed by atoms with Gasteiger partial charge in [-0.25, -0.2) is 0 Å². The topological polar surface area (TPSA) is 163 Å². The first-order valence-corrected chi connectivity index (χ1v) is 17.5. The average molecular weight is 692 g/mol. The summed E-state index contributed by atoms with van der Waals surface area (Å²) >= 11 is 0. The molecule has 5 rings (SSSR count). The number of unbranched alkanes of at least 4 members (excludes halogenated alkanes) is 1. The molecule has 0 saturated carbocycles. The molecule has 1 N–H and O–H groups in total. The van der Waals surface area contributed by atoms with E-state index in [2.05, 4.69) is 80.7 Å². The van der Waals surface area contributed by atoms with E-state index in [1.54, 1.807) is 36.5 Å². The summed E-state index contributed by atoms with van der Waals surface area (Å²) < 4.78 is 5.52. The van der Waals surface area contributed by atoms with Crippen molar-refractivity contribution in [1.82, 2.24) is 15.2 Å². The minimum Gasteiger partial charge on any atom is -0.468 e. The highest BCUT2D eigenvalue weighted by molar-refractivity contribution is 5.92. The molecule has 51 heavy (non-hydrogen) atoms. The van der Waals surface area contributed by atoms with Crippen molar-refractivity contribution in [2.45, 2.75) is 56.5 Å². The summed E-state index contributed by atoms with van der Waals surface area (Å²) in [5.41, 5.74) is 10.6. The number of nitro benzene ring substituents is 1. The Morgan fingerprint density at radius 2 is 1.88 bits per heavy atom. The number of carbonyl (C=O) groups is 2. The number of aromatic nitrogens is 1. The number of carbonyl (C=O) groups excluding carboxylic acids is 2. The van der Waals surface area contributed by atoms with Gasteiger partial charge in [0.2, 0.25) is 0 Å². The zero-order valence-electron chi connectivity index (χ0n) is 29.1. The molecule has 1 fully saturated rings.